The van der Waals surface area contributed by atoms with Crippen LogP contribution in [0, 0.1) is 5.92 Å². The predicted molar refractivity (Wildman–Crippen MR) is 65.5 cm³/mol. The van der Waals surface area contributed by atoms with E-state index in [1.165, 1.54) is 4.90 Å². The monoisotopic (exact) mass is 237 g/mol. The standard InChI is InChI=1S/C13H19NO3/c1-3-6-10(7-4-2)12(15)14-9-5-8-11(14)13(16)17/h3-4,10-11H,1-2,5-9H2,(H,16,17)/t11-/m1/s1. The molecule has 94 valence electrons. The van der Waals surface area contributed by atoms with Gasteiger partial charge in [0.05, 0.1) is 0 Å². The molecule has 4 heteroatoms. The van der Waals surface area contributed by atoms with Crippen molar-refractivity contribution in [3.63, 3.8) is 0 Å². The molecule has 0 aromatic heterocycles. The van der Waals surface area contributed by atoms with Gasteiger partial charge in [0.1, 0.15) is 6.04 Å². The number of hydrogen-bond donors (Lipinski definition) is 1. The van der Waals surface area contributed by atoms with Gasteiger partial charge in [-0.2, -0.15) is 0 Å². The van der Waals surface area contributed by atoms with Crippen molar-refractivity contribution in [1.29, 1.82) is 0 Å². The number of rotatable bonds is 6. The average molecular weight is 237 g/mol. The SMILES string of the molecule is C=CCC(CC=C)C(=O)N1CCC[C@@H]1C(=O)O. The van der Waals surface area contributed by atoms with Crippen LogP contribution in [0.2, 0.25) is 0 Å². The molecule has 4 nitrogen and oxygen atoms in total. The van der Waals surface area contributed by atoms with Crippen LogP contribution in [0.15, 0.2) is 25.3 Å². The van der Waals surface area contributed by atoms with Crippen LogP contribution < -0.4 is 0 Å². The van der Waals surface area contributed by atoms with Crippen molar-refractivity contribution in [2.45, 2.75) is 31.7 Å². The third-order valence-electron chi connectivity index (χ3n) is 3.07. The van der Waals surface area contributed by atoms with Gasteiger partial charge in [-0.1, -0.05) is 12.2 Å². The molecule has 1 rings (SSSR count). The van der Waals surface area contributed by atoms with Crippen molar-refractivity contribution in [3.8, 4) is 0 Å². The highest BCUT2D eigenvalue weighted by Gasteiger charge is 2.36. The molecule has 1 heterocycles. The third-order valence-corrected chi connectivity index (χ3v) is 3.07. The summed E-state index contributed by atoms with van der Waals surface area (Å²) in [5.41, 5.74) is 0. The van der Waals surface area contributed by atoms with Gasteiger partial charge in [0, 0.05) is 12.5 Å². The number of carboxylic acid groups (broad SMARTS) is 1. The fourth-order valence-corrected chi connectivity index (χ4v) is 2.22. The zero-order valence-corrected chi connectivity index (χ0v) is 9.97. The van der Waals surface area contributed by atoms with Crippen LogP contribution in [0.25, 0.3) is 0 Å². The van der Waals surface area contributed by atoms with Gasteiger partial charge in [-0.15, -0.1) is 13.2 Å². The van der Waals surface area contributed by atoms with Gasteiger partial charge in [-0.05, 0) is 25.7 Å². The second-order valence-corrected chi connectivity index (χ2v) is 4.27. The number of allylic oxidation sites excluding steroid dienone is 2. The smallest absolute Gasteiger partial charge is 0.326 e. The maximum absolute atomic E-state index is 12.2. The van der Waals surface area contributed by atoms with Crippen molar-refractivity contribution < 1.29 is 14.7 Å². The number of aliphatic carboxylic acids is 1. The van der Waals surface area contributed by atoms with Crippen LogP contribution in [0.3, 0.4) is 0 Å². The Morgan fingerprint density at radius 3 is 2.41 bits per heavy atom. The maximum atomic E-state index is 12.2. The zero-order valence-electron chi connectivity index (χ0n) is 9.97. The highest BCUT2D eigenvalue weighted by Crippen LogP contribution is 2.23. The molecule has 1 atom stereocenters. The van der Waals surface area contributed by atoms with Crippen molar-refractivity contribution in [2.24, 2.45) is 5.92 Å². The first-order chi connectivity index (χ1) is 8.11. The summed E-state index contributed by atoms with van der Waals surface area (Å²) in [5.74, 6) is -1.22. The van der Waals surface area contributed by atoms with Gasteiger partial charge < -0.3 is 10.0 Å². The largest absolute Gasteiger partial charge is 0.480 e. The summed E-state index contributed by atoms with van der Waals surface area (Å²) in [6, 6.07) is -0.653. The van der Waals surface area contributed by atoms with Gasteiger partial charge >= 0.3 is 5.97 Å². The topological polar surface area (TPSA) is 57.6 Å². The van der Waals surface area contributed by atoms with Gasteiger partial charge in [-0.25, -0.2) is 4.79 Å². The molecule has 0 spiro atoms. The van der Waals surface area contributed by atoms with Crippen LogP contribution in [-0.4, -0.2) is 34.5 Å². The van der Waals surface area contributed by atoms with E-state index in [2.05, 4.69) is 13.2 Å². The van der Waals surface area contributed by atoms with Gasteiger partial charge in [-0.3, -0.25) is 4.79 Å². The Bertz CT molecular complexity index is 315. The van der Waals surface area contributed by atoms with Crippen molar-refractivity contribution >= 4 is 11.9 Å². The molecule has 1 aliphatic rings. The van der Waals surface area contributed by atoms with E-state index in [-0.39, 0.29) is 11.8 Å². The molecule has 0 unspecified atom stereocenters. The minimum Gasteiger partial charge on any atom is -0.480 e. The molecule has 0 aliphatic carbocycles. The quantitative estimate of drug-likeness (QED) is 0.717. The highest BCUT2D eigenvalue weighted by atomic mass is 16.4. The summed E-state index contributed by atoms with van der Waals surface area (Å²) in [4.78, 5) is 24.7. The lowest BCUT2D eigenvalue weighted by atomic mass is 9.99. The first kappa shape index (κ1) is 13.5. The Hall–Kier alpha value is -1.58. The Morgan fingerprint density at radius 2 is 1.94 bits per heavy atom. The molecule has 17 heavy (non-hydrogen) atoms. The molecule has 1 amide bonds. The Kier molecular flexibility index (Phi) is 4.94. The minimum atomic E-state index is -0.910. The number of carbonyl (C=O) groups is 2. The maximum Gasteiger partial charge on any atom is 0.326 e. The second kappa shape index (κ2) is 6.23. The zero-order chi connectivity index (χ0) is 12.8. The lowest BCUT2D eigenvalue weighted by Crippen LogP contribution is -2.43. The van der Waals surface area contributed by atoms with E-state index in [0.29, 0.717) is 25.8 Å². The molecule has 1 saturated heterocycles. The Labute approximate surface area is 102 Å². The summed E-state index contributed by atoms with van der Waals surface area (Å²) in [6.07, 6.45) is 5.82. The predicted octanol–water partition coefficient (Wildman–Crippen LogP) is 1.83. The molecule has 0 saturated carbocycles. The lowest BCUT2D eigenvalue weighted by Gasteiger charge is -2.25. The van der Waals surface area contributed by atoms with E-state index in [1.54, 1.807) is 12.2 Å². The average Bonchev–Trinajstić information content (AvgIpc) is 2.76. The first-order valence-electron chi connectivity index (χ1n) is 5.86. The van der Waals surface area contributed by atoms with Crippen LogP contribution in [-0.2, 0) is 9.59 Å². The molecule has 1 N–H and O–H groups in total. The van der Waals surface area contributed by atoms with Gasteiger partial charge in [0.15, 0.2) is 0 Å². The van der Waals surface area contributed by atoms with E-state index < -0.39 is 12.0 Å². The Morgan fingerprint density at radius 1 is 1.35 bits per heavy atom. The van der Waals surface area contributed by atoms with Crippen LogP contribution >= 0.6 is 0 Å². The third kappa shape index (κ3) is 3.19. The molecule has 0 bridgehead atoms. The molecule has 1 aliphatic heterocycles. The molecule has 0 aromatic rings. The second-order valence-electron chi connectivity index (χ2n) is 4.27. The van der Waals surface area contributed by atoms with E-state index >= 15 is 0 Å². The van der Waals surface area contributed by atoms with Crippen molar-refractivity contribution in [1.82, 2.24) is 4.90 Å². The number of nitrogens with zero attached hydrogens (tertiary/aromatic N) is 1. The fourth-order valence-electron chi connectivity index (χ4n) is 2.22. The summed E-state index contributed by atoms with van der Waals surface area (Å²) >= 11 is 0. The molecule has 0 aromatic carbocycles. The van der Waals surface area contributed by atoms with Crippen molar-refractivity contribution in [2.75, 3.05) is 6.54 Å². The van der Waals surface area contributed by atoms with E-state index in [1.807, 2.05) is 0 Å². The molecular weight excluding hydrogens is 218 g/mol. The summed E-state index contributed by atoms with van der Waals surface area (Å²) in [7, 11) is 0. The van der Waals surface area contributed by atoms with E-state index in [0.717, 1.165) is 6.42 Å². The summed E-state index contributed by atoms with van der Waals surface area (Å²) < 4.78 is 0. The molecule has 0 radical (unpaired) electrons. The van der Waals surface area contributed by atoms with Crippen molar-refractivity contribution in [3.05, 3.63) is 25.3 Å². The van der Waals surface area contributed by atoms with Crippen LogP contribution in [0.4, 0.5) is 0 Å². The minimum absolute atomic E-state index is 0.0882. The van der Waals surface area contributed by atoms with E-state index in [9.17, 15) is 9.59 Å². The number of likely N-dealkylation sites (tertiary alicyclic amines) is 1. The summed E-state index contributed by atoms with van der Waals surface area (Å²) in [5, 5.41) is 9.04. The van der Waals surface area contributed by atoms with E-state index in [4.69, 9.17) is 5.11 Å². The highest BCUT2D eigenvalue weighted by molar-refractivity contribution is 5.85. The number of amides is 1. The van der Waals surface area contributed by atoms with Crippen LogP contribution in [0.5, 0.6) is 0 Å². The van der Waals surface area contributed by atoms with Gasteiger partial charge in [0.25, 0.3) is 0 Å². The number of hydrogen-bond acceptors (Lipinski definition) is 2. The Balaban J connectivity index is 2.74. The van der Waals surface area contributed by atoms with Crippen LogP contribution in [0.1, 0.15) is 25.7 Å². The summed E-state index contributed by atoms with van der Waals surface area (Å²) in [6.45, 7) is 7.79. The molecule has 1 fully saturated rings. The fraction of sp³-hybridized carbons (Fsp3) is 0.538. The molecular formula is C13H19NO3. The number of carboxylic acids is 1. The number of carbonyl (C=O) groups excluding carboxylic acids is 1. The normalized spacial score (nSPS) is 19.4. The van der Waals surface area contributed by atoms with Gasteiger partial charge in [0.2, 0.25) is 5.91 Å². The first-order valence-corrected chi connectivity index (χ1v) is 5.86. The lowest BCUT2D eigenvalue weighted by molar-refractivity contribution is -0.149.